The molecule has 6 N–H and O–H groups in total. The van der Waals surface area contributed by atoms with E-state index >= 15 is 0 Å². The number of aliphatic hydroxyl groups excluding tert-OH is 3. The highest BCUT2D eigenvalue weighted by molar-refractivity contribution is 5.50. The predicted octanol–water partition coefficient (Wildman–Crippen LogP) is -2.56. The number of aromatic amines is 1. The lowest BCUT2D eigenvalue weighted by Gasteiger charge is -2.26. The normalized spacial score (nSPS) is 32.5. The van der Waals surface area contributed by atoms with Gasteiger partial charge in [0.2, 0.25) is 11.5 Å². The van der Waals surface area contributed by atoms with Crippen LogP contribution in [0.15, 0.2) is 16.9 Å². The Morgan fingerprint density at radius 3 is 2.75 bits per heavy atom. The first kappa shape index (κ1) is 16.0. The van der Waals surface area contributed by atoms with Crippen molar-refractivity contribution in [2.45, 2.75) is 23.4 Å². The predicted molar refractivity (Wildman–Crippen MR) is 79.3 cm³/mol. The highest BCUT2D eigenvalue weighted by atomic mass is 16.6. The van der Waals surface area contributed by atoms with Crippen molar-refractivity contribution in [1.82, 2.24) is 14.6 Å². The fraction of sp³-hybridized carbons (Fsp3) is 0.357. The second-order valence-electron chi connectivity index (χ2n) is 5.39. The van der Waals surface area contributed by atoms with Crippen LogP contribution in [0, 0.1) is 23.7 Å². The molecular weight excluding hydrogens is 318 g/mol. The van der Waals surface area contributed by atoms with Crippen LogP contribution >= 0.6 is 0 Å². The number of aliphatic hydroxyl groups is 3. The lowest BCUT2D eigenvalue weighted by Crippen LogP contribution is -2.45. The van der Waals surface area contributed by atoms with Gasteiger partial charge in [0.25, 0.3) is 5.56 Å². The molecule has 0 radical (unpaired) electrons. The first-order valence-electron chi connectivity index (χ1n) is 6.79. The molecule has 1 saturated heterocycles. The Morgan fingerprint density at radius 2 is 2.21 bits per heavy atom. The first-order valence-corrected chi connectivity index (χ1v) is 6.79. The topological polar surface area (TPSA) is 170 Å². The Bertz CT molecular complexity index is 953. The van der Waals surface area contributed by atoms with Gasteiger partial charge in [-0.2, -0.15) is 5.26 Å². The third-order valence-electron chi connectivity index (χ3n) is 4.10. The maximum absolute atomic E-state index is 11.9. The van der Waals surface area contributed by atoms with Gasteiger partial charge in [-0.05, 0) is 12.1 Å². The van der Waals surface area contributed by atoms with Crippen molar-refractivity contribution >= 4 is 11.5 Å². The largest absolute Gasteiger partial charge is 0.392 e. The first-order chi connectivity index (χ1) is 11.3. The SMILES string of the molecule is C#C[C@]1(CO)O[C@@](C#N)(c2ccc3c(=O)[nH]c(N)nn23)[C@@H](O)C1O. The summed E-state index contributed by atoms with van der Waals surface area (Å²) in [6.07, 6.45) is 1.77. The average Bonchev–Trinajstić information content (AvgIpc) is 3.08. The molecule has 2 aromatic heterocycles. The van der Waals surface area contributed by atoms with Crippen molar-refractivity contribution in [3.63, 3.8) is 0 Å². The molecule has 2 aromatic rings. The van der Waals surface area contributed by atoms with E-state index < -0.39 is 35.6 Å². The van der Waals surface area contributed by atoms with E-state index in [1.807, 2.05) is 0 Å². The van der Waals surface area contributed by atoms with Gasteiger partial charge < -0.3 is 25.8 Å². The lowest BCUT2D eigenvalue weighted by atomic mass is 9.89. The number of anilines is 1. The molecule has 3 heterocycles. The molecule has 0 spiro atoms. The minimum Gasteiger partial charge on any atom is -0.392 e. The van der Waals surface area contributed by atoms with Gasteiger partial charge in [0.15, 0.2) is 5.60 Å². The fourth-order valence-electron chi connectivity index (χ4n) is 2.82. The summed E-state index contributed by atoms with van der Waals surface area (Å²) in [5, 5.41) is 43.6. The zero-order valence-electron chi connectivity index (χ0n) is 12.2. The van der Waals surface area contributed by atoms with Crippen LogP contribution in [0.3, 0.4) is 0 Å². The van der Waals surface area contributed by atoms with E-state index in [-0.39, 0.29) is 17.2 Å². The molecule has 10 nitrogen and oxygen atoms in total. The van der Waals surface area contributed by atoms with Crippen molar-refractivity contribution in [1.29, 1.82) is 5.26 Å². The Kier molecular flexibility index (Phi) is 3.37. The van der Waals surface area contributed by atoms with Gasteiger partial charge in [-0.3, -0.25) is 9.78 Å². The van der Waals surface area contributed by atoms with E-state index in [0.717, 1.165) is 4.52 Å². The van der Waals surface area contributed by atoms with Crippen LogP contribution in [0.2, 0.25) is 0 Å². The molecule has 24 heavy (non-hydrogen) atoms. The molecule has 0 aromatic carbocycles. The maximum atomic E-state index is 11.9. The Balaban J connectivity index is 2.30. The summed E-state index contributed by atoms with van der Waals surface area (Å²) >= 11 is 0. The van der Waals surface area contributed by atoms with Gasteiger partial charge >= 0.3 is 0 Å². The van der Waals surface area contributed by atoms with Crippen molar-refractivity contribution in [3.05, 3.63) is 28.2 Å². The number of H-pyrrole nitrogens is 1. The van der Waals surface area contributed by atoms with Gasteiger partial charge in [-0.1, -0.05) is 5.92 Å². The van der Waals surface area contributed by atoms with Gasteiger partial charge in [0.1, 0.15) is 23.8 Å². The number of terminal acetylenes is 1. The van der Waals surface area contributed by atoms with Gasteiger partial charge in [0.05, 0.1) is 12.3 Å². The highest BCUT2D eigenvalue weighted by Gasteiger charge is 2.64. The van der Waals surface area contributed by atoms with Crippen molar-refractivity contribution in [2.24, 2.45) is 0 Å². The molecule has 0 saturated carbocycles. The molecule has 0 aliphatic carbocycles. The second-order valence-corrected chi connectivity index (χ2v) is 5.39. The Labute approximate surface area is 134 Å². The summed E-state index contributed by atoms with van der Waals surface area (Å²) in [5.74, 6) is 1.85. The van der Waals surface area contributed by atoms with E-state index in [2.05, 4.69) is 16.0 Å². The molecule has 4 atom stereocenters. The van der Waals surface area contributed by atoms with E-state index in [1.54, 1.807) is 6.07 Å². The fourth-order valence-corrected chi connectivity index (χ4v) is 2.82. The summed E-state index contributed by atoms with van der Waals surface area (Å²) in [6, 6.07) is 4.43. The third-order valence-corrected chi connectivity index (χ3v) is 4.10. The van der Waals surface area contributed by atoms with Crippen LogP contribution in [-0.4, -0.2) is 54.3 Å². The van der Waals surface area contributed by atoms with Crippen LogP contribution in [0.5, 0.6) is 0 Å². The number of ether oxygens (including phenoxy) is 1. The van der Waals surface area contributed by atoms with Gasteiger partial charge in [-0.25, -0.2) is 4.52 Å². The Hall–Kier alpha value is -2.89. The molecule has 10 heteroatoms. The second kappa shape index (κ2) is 5.06. The summed E-state index contributed by atoms with van der Waals surface area (Å²) < 4.78 is 6.50. The standard InChI is InChI=1S/C14H13N5O5/c1-2-13(6-20)9(21)10(22)14(5-15,24-13)8-4-3-7-11(23)17-12(16)18-19(7)8/h1,3-4,9-10,20-22H,6H2,(H3,16,17,18,23)/t9?,10-,13+,14-/m0/s1. The molecule has 1 fully saturated rings. The number of aromatic nitrogens is 3. The molecule has 1 aliphatic heterocycles. The number of nitrogens with two attached hydrogens (primary N) is 1. The average molecular weight is 331 g/mol. The minimum absolute atomic E-state index is 0.0429. The zero-order chi connectivity index (χ0) is 17.7. The number of nitrogens with one attached hydrogen (secondary N) is 1. The minimum atomic E-state index is -2.16. The molecule has 0 amide bonds. The molecule has 0 bridgehead atoms. The number of nitrogen functional groups attached to an aromatic ring is 1. The van der Waals surface area contributed by atoms with Gasteiger partial charge in [0, 0.05) is 0 Å². The monoisotopic (exact) mass is 331 g/mol. The highest BCUT2D eigenvalue weighted by Crippen LogP contribution is 2.44. The number of hydrogen-bond donors (Lipinski definition) is 5. The van der Waals surface area contributed by atoms with E-state index in [4.69, 9.17) is 16.9 Å². The smallest absolute Gasteiger partial charge is 0.276 e. The van der Waals surface area contributed by atoms with Crippen LogP contribution < -0.4 is 11.3 Å². The zero-order valence-corrected chi connectivity index (χ0v) is 12.2. The van der Waals surface area contributed by atoms with Gasteiger partial charge in [-0.15, -0.1) is 11.5 Å². The maximum Gasteiger partial charge on any atom is 0.276 e. The Morgan fingerprint density at radius 1 is 1.50 bits per heavy atom. The molecule has 124 valence electrons. The third kappa shape index (κ3) is 1.79. The van der Waals surface area contributed by atoms with Crippen molar-refractivity contribution in [3.8, 4) is 18.4 Å². The summed E-state index contributed by atoms with van der Waals surface area (Å²) in [4.78, 5) is 14.2. The summed E-state index contributed by atoms with van der Waals surface area (Å²) in [6.45, 7) is -0.829. The lowest BCUT2D eigenvalue weighted by molar-refractivity contribution is -0.101. The number of hydrogen-bond acceptors (Lipinski definition) is 8. The quantitative estimate of drug-likeness (QED) is 0.374. The number of nitrogens with zero attached hydrogens (tertiary/aromatic N) is 3. The van der Waals surface area contributed by atoms with Crippen molar-refractivity contribution < 1.29 is 20.1 Å². The molecule has 3 rings (SSSR count). The van der Waals surface area contributed by atoms with Crippen LogP contribution in [0.4, 0.5) is 5.95 Å². The van der Waals surface area contributed by atoms with E-state index in [9.17, 15) is 25.4 Å². The molecular formula is C14H13N5O5. The summed E-state index contributed by atoms with van der Waals surface area (Å²) in [5.41, 5.74) is 0.783. The summed E-state index contributed by atoms with van der Waals surface area (Å²) in [7, 11) is 0. The van der Waals surface area contributed by atoms with Crippen LogP contribution in [-0.2, 0) is 10.3 Å². The molecule has 1 aliphatic rings. The number of rotatable bonds is 2. The number of fused-ring (bicyclic) bond motifs is 1. The van der Waals surface area contributed by atoms with E-state index in [1.165, 1.54) is 12.1 Å². The molecule has 1 unspecified atom stereocenters. The number of nitriles is 1. The van der Waals surface area contributed by atoms with Crippen molar-refractivity contribution in [2.75, 3.05) is 12.3 Å². The van der Waals surface area contributed by atoms with Crippen LogP contribution in [0.1, 0.15) is 5.69 Å². The van der Waals surface area contributed by atoms with Crippen LogP contribution in [0.25, 0.3) is 5.52 Å². The van der Waals surface area contributed by atoms with E-state index in [0.29, 0.717) is 0 Å².